The third-order valence-electron chi connectivity index (χ3n) is 2.68. The average Bonchev–Trinajstić information content (AvgIpc) is 2.80. The number of nitrogens with one attached hydrogen (secondary N) is 1. The van der Waals surface area contributed by atoms with Crippen molar-refractivity contribution in [2.24, 2.45) is 0 Å². The van der Waals surface area contributed by atoms with Crippen molar-refractivity contribution in [3.8, 4) is 16.9 Å². The lowest BCUT2D eigenvalue weighted by molar-refractivity contribution is 0.0699. The smallest absolute Gasteiger partial charge is 0.339 e. The number of ether oxygens (including phenoxy) is 1. The maximum Gasteiger partial charge on any atom is 0.339 e. The molecule has 1 aromatic carbocycles. The summed E-state index contributed by atoms with van der Waals surface area (Å²) < 4.78 is 29.9. The standard InChI is InChI=1S/C13H13NO5S2/c1-19-9-5-3-8(4-6-9)10-7-20-12(11(10)13(15)16)14-21(2,17)18/h3-7,14H,1-2H3,(H,15,16). The molecule has 0 aliphatic heterocycles. The zero-order chi connectivity index (χ0) is 15.6. The number of sulfonamides is 1. The number of hydrogen-bond donors (Lipinski definition) is 2. The Morgan fingerprint density at radius 2 is 1.90 bits per heavy atom. The van der Waals surface area contributed by atoms with Crippen molar-refractivity contribution >= 4 is 32.3 Å². The van der Waals surface area contributed by atoms with Gasteiger partial charge in [-0.25, -0.2) is 13.2 Å². The molecule has 6 nitrogen and oxygen atoms in total. The Kier molecular flexibility index (Phi) is 4.19. The maximum absolute atomic E-state index is 11.4. The van der Waals surface area contributed by atoms with E-state index < -0.39 is 16.0 Å². The Morgan fingerprint density at radius 3 is 2.38 bits per heavy atom. The lowest BCUT2D eigenvalue weighted by Gasteiger charge is -2.06. The van der Waals surface area contributed by atoms with Gasteiger partial charge in [0.1, 0.15) is 16.3 Å². The molecule has 0 bridgehead atoms. The van der Waals surface area contributed by atoms with Crippen molar-refractivity contribution in [3.05, 3.63) is 35.2 Å². The van der Waals surface area contributed by atoms with Gasteiger partial charge in [0.05, 0.1) is 13.4 Å². The molecule has 2 N–H and O–H groups in total. The molecule has 112 valence electrons. The molecule has 21 heavy (non-hydrogen) atoms. The van der Waals surface area contributed by atoms with Crippen LogP contribution in [0.2, 0.25) is 0 Å². The van der Waals surface area contributed by atoms with Crippen LogP contribution in [-0.4, -0.2) is 32.9 Å². The zero-order valence-corrected chi connectivity index (χ0v) is 12.9. The predicted molar refractivity (Wildman–Crippen MR) is 81.7 cm³/mol. The largest absolute Gasteiger partial charge is 0.497 e. The molecular formula is C13H13NO5S2. The second kappa shape index (κ2) is 5.74. The number of benzene rings is 1. The number of methoxy groups -OCH3 is 1. The van der Waals surface area contributed by atoms with Crippen LogP contribution in [0.3, 0.4) is 0 Å². The quantitative estimate of drug-likeness (QED) is 0.880. The van der Waals surface area contributed by atoms with Gasteiger partial charge in [-0.1, -0.05) is 12.1 Å². The van der Waals surface area contributed by atoms with Gasteiger partial charge in [-0.3, -0.25) is 4.72 Å². The van der Waals surface area contributed by atoms with Crippen molar-refractivity contribution < 1.29 is 23.1 Å². The first-order valence-electron chi connectivity index (χ1n) is 5.79. The van der Waals surface area contributed by atoms with Crippen LogP contribution in [0.5, 0.6) is 5.75 Å². The number of anilines is 1. The van der Waals surface area contributed by atoms with E-state index in [2.05, 4.69) is 4.72 Å². The third kappa shape index (κ3) is 3.53. The van der Waals surface area contributed by atoms with E-state index >= 15 is 0 Å². The molecule has 1 heterocycles. The summed E-state index contributed by atoms with van der Waals surface area (Å²) >= 11 is 1.03. The summed E-state index contributed by atoms with van der Waals surface area (Å²) in [5.41, 5.74) is 1.07. The van der Waals surface area contributed by atoms with Gasteiger partial charge in [0.25, 0.3) is 0 Å². The van der Waals surface area contributed by atoms with E-state index in [1.54, 1.807) is 29.6 Å². The predicted octanol–water partition coefficient (Wildman–Crippen LogP) is 2.49. The number of rotatable bonds is 5. The second-order valence-electron chi connectivity index (χ2n) is 4.26. The van der Waals surface area contributed by atoms with Gasteiger partial charge in [-0.05, 0) is 17.7 Å². The number of carboxylic acids is 1. The Bertz CT molecular complexity index is 762. The van der Waals surface area contributed by atoms with Crippen molar-refractivity contribution in [1.29, 1.82) is 0 Å². The molecule has 0 aliphatic rings. The maximum atomic E-state index is 11.4. The number of aromatic carboxylic acids is 1. The van der Waals surface area contributed by atoms with E-state index in [0.29, 0.717) is 16.9 Å². The minimum atomic E-state index is -3.54. The molecule has 0 aliphatic carbocycles. The van der Waals surface area contributed by atoms with Crippen molar-refractivity contribution in [2.75, 3.05) is 18.1 Å². The van der Waals surface area contributed by atoms with Gasteiger partial charge < -0.3 is 9.84 Å². The number of carbonyl (C=O) groups is 1. The molecule has 0 spiro atoms. The summed E-state index contributed by atoms with van der Waals surface area (Å²) in [5, 5.41) is 11.0. The normalized spacial score (nSPS) is 11.1. The van der Waals surface area contributed by atoms with Gasteiger partial charge in [-0.15, -0.1) is 11.3 Å². The van der Waals surface area contributed by atoms with E-state index in [0.717, 1.165) is 17.6 Å². The summed E-state index contributed by atoms with van der Waals surface area (Å²) in [4.78, 5) is 11.4. The molecule has 0 saturated carbocycles. The number of carboxylic acid groups (broad SMARTS) is 1. The topological polar surface area (TPSA) is 92.7 Å². The molecule has 0 fully saturated rings. The van der Waals surface area contributed by atoms with E-state index in [1.165, 1.54) is 7.11 Å². The second-order valence-corrected chi connectivity index (χ2v) is 6.89. The molecule has 0 saturated heterocycles. The molecule has 2 rings (SSSR count). The van der Waals surface area contributed by atoms with Crippen LogP contribution in [0.1, 0.15) is 10.4 Å². The van der Waals surface area contributed by atoms with Gasteiger partial charge in [0.15, 0.2) is 0 Å². The minimum absolute atomic E-state index is 0.0596. The summed E-state index contributed by atoms with van der Waals surface area (Å²) in [6.07, 6.45) is 0.978. The minimum Gasteiger partial charge on any atom is -0.497 e. The summed E-state index contributed by atoms with van der Waals surface area (Å²) in [7, 11) is -2.00. The van der Waals surface area contributed by atoms with Crippen molar-refractivity contribution in [3.63, 3.8) is 0 Å². The first-order chi connectivity index (χ1) is 9.81. The van der Waals surface area contributed by atoms with Gasteiger partial charge in [0, 0.05) is 10.9 Å². The van der Waals surface area contributed by atoms with E-state index in [1.807, 2.05) is 0 Å². The zero-order valence-electron chi connectivity index (χ0n) is 11.3. The molecule has 8 heteroatoms. The van der Waals surface area contributed by atoms with Crippen LogP contribution in [0.15, 0.2) is 29.6 Å². The van der Waals surface area contributed by atoms with Crippen LogP contribution in [0.4, 0.5) is 5.00 Å². The fourth-order valence-corrected chi connectivity index (χ4v) is 3.69. The Morgan fingerprint density at radius 1 is 1.29 bits per heavy atom. The van der Waals surface area contributed by atoms with Crippen molar-refractivity contribution in [1.82, 2.24) is 0 Å². The van der Waals surface area contributed by atoms with E-state index in [4.69, 9.17) is 4.74 Å². The fourth-order valence-electron chi connectivity index (χ4n) is 1.80. The molecule has 0 radical (unpaired) electrons. The van der Waals surface area contributed by atoms with Crippen molar-refractivity contribution in [2.45, 2.75) is 0 Å². The Hall–Kier alpha value is -2.06. The molecular weight excluding hydrogens is 314 g/mol. The summed E-state index contributed by atoms with van der Waals surface area (Å²) in [5.74, 6) is -0.534. The SMILES string of the molecule is COc1ccc(-c2csc(NS(C)(=O)=O)c2C(=O)O)cc1. The monoisotopic (exact) mass is 327 g/mol. The van der Waals surface area contributed by atoms with Gasteiger partial charge in [-0.2, -0.15) is 0 Å². The fraction of sp³-hybridized carbons (Fsp3) is 0.154. The highest BCUT2D eigenvalue weighted by molar-refractivity contribution is 7.92. The lowest BCUT2D eigenvalue weighted by Crippen LogP contribution is -2.11. The lowest BCUT2D eigenvalue weighted by atomic mass is 10.0. The number of hydrogen-bond acceptors (Lipinski definition) is 5. The molecule has 1 aromatic heterocycles. The van der Waals surface area contributed by atoms with Crippen LogP contribution in [0, 0.1) is 0 Å². The average molecular weight is 327 g/mol. The Balaban J connectivity index is 2.51. The van der Waals surface area contributed by atoms with Gasteiger partial charge >= 0.3 is 5.97 Å². The Labute approximate surface area is 126 Å². The summed E-state index contributed by atoms with van der Waals surface area (Å²) in [6, 6.07) is 6.86. The molecule has 0 amide bonds. The molecule has 2 aromatic rings. The first kappa shape index (κ1) is 15.3. The van der Waals surface area contributed by atoms with Crippen LogP contribution in [0.25, 0.3) is 11.1 Å². The van der Waals surface area contributed by atoms with Crippen LogP contribution in [-0.2, 0) is 10.0 Å². The van der Waals surface area contributed by atoms with Crippen LogP contribution >= 0.6 is 11.3 Å². The highest BCUT2D eigenvalue weighted by atomic mass is 32.2. The van der Waals surface area contributed by atoms with Gasteiger partial charge in [0.2, 0.25) is 10.0 Å². The summed E-state index contributed by atoms with van der Waals surface area (Å²) in [6.45, 7) is 0. The third-order valence-corrected chi connectivity index (χ3v) is 4.28. The number of thiophene rings is 1. The van der Waals surface area contributed by atoms with E-state index in [9.17, 15) is 18.3 Å². The highest BCUT2D eigenvalue weighted by Crippen LogP contribution is 2.36. The molecule has 0 atom stereocenters. The first-order valence-corrected chi connectivity index (χ1v) is 8.56. The van der Waals surface area contributed by atoms with Crippen LogP contribution < -0.4 is 9.46 Å². The van der Waals surface area contributed by atoms with E-state index in [-0.39, 0.29) is 10.6 Å². The molecule has 0 unspecified atom stereocenters. The highest BCUT2D eigenvalue weighted by Gasteiger charge is 2.21.